The first kappa shape index (κ1) is 29.6. The van der Waals surface area contributed by atoms with Gasteiger partial charge in [-0.1, -0.05) is 56.0 Å². The number of rotatable bonds is 13. The van der Waals surface area contributed by atoms with Crippen molar-refractivity contribution in [1.82, 2.24) is 14.7 Å². The van der Waals surface area contributed by atoms with E-state index in [9.17, 15) is 4.79 Å². The predicted octanol–water partition coefficient (Wildman–Crippen LogP) is 6.71. The first-order valence-electron chi connectivity index (χ1n) is 16.3. The van der Waals surface area contributed by atoms with Gasteiger partial charge in [0.1, 0.15) is 0 Å². The van der Waals surface area contributed by atoms with Crippen LogP contribution in [0.1, 0.15) is 67.3 Å². The lowest BCUT2D eigenvalue weighted by atomic mass is 10.0. The van der Waals surface area contributed by atoms with Gasteiger partial charge >= 0.3 is 0 Å². The number of hydrogen-bond donors (Lipinski definition) is 0. The Balaban J connectivity index is 0.896. The summed E-state index contributed by atoms with van der Waals surface area (Å²) in [6, 6.07) is 18.9. The van der Waals surface area contributed by atoms with Crippen LogP contribution in [-0.4, -0.2) is 85.8 Å². The Bertz CT molecular complexity index is 1400. The third-order valence-corrected chi connectivity index (χ3v) is 9.25. The second kappa shape index (κ2) is 14.4. The summed E-state index contributed by atoms with van der Waals surface area (Å²) in [7, 11) is 1.68. The third-order valence-electron chi connectivity index (χ3n) is 9.25. The first-order valence-corrected chi connectivity index (χ1v) is 16.3. The lowest BCUT2D eigenvalue weighted by Crippen LogP contribution is -2.46. The van der Waals surface area contributed by atoms with Crippen LogP contribution < -0.4 is 9.47 Å². The number of aliphatic imine (C=N–C) groups is 1. The maximum Gasteiger partial charge on any atom is 0.256 e. The van der Waals surface area contributed by atoms with E-state index in [1.807, 2.05) is 35.4 Å². The molecule has 3 heterocycles. The average molecular weight is 583 g/mol. The van der Waals surface area contributed by atoms with Gasteiger partial charge in [0.05, 0.1) is 31.0 Å². The molecule has 228 valence electrons. The summed E-state index contributed by atoms with van der Waals surface area (Å²) in [5, 5.41) is 1.98. The highest BCUT2D eigenvalue weighted by molar-refractivity contribution is 6.07. The van der Waals surface area contributed by atoms with Crippen LogP contribution in [0.25, 0.3) is 10.8 Å². The number of carbonyl (C=O) groups is 1. The minimum Gasteiger partial charge on any atom is -0.493 e. The van der Waals surface area contributed by atoms with Gasteiger partial charge in [-0.15, -0.1) is 0 Å². The molecule has 1 amide bonds. The van der Waals surface area contributed by atoms with Gasteiger partial charge in [0.2, 0.25) is 0 Å². The molecule has 0 spiro atoms. The molecule has 2 fully saturated rings. The number of amides is 1. The Morgan fingerprint density at radius 2 is 1.53 bits per heavy atom. The van der Waals surface area contributed by atoms with Crippen molar-refractivity contribution in [2.24, 2.45) is 4.99 Å². The number of unbranched alkanes of at least 4 members (excludes halogenated alkanes) is 5. The number of benzene rings is 3. The Morgan fingerprint density at radius 3 is 2.35 bits per heavy atom. The van der Waals surface area contributed by atoms with Crippen LogP contribution in [-0.2, 0) is 6.54 Å². The number of piperazine rings is 1. The van der Waals surface area contributed by atoms with E-state index in [0.29, 0.717) is 12.2 Å². The van der Waals surface area contributed by atoms with Crippen molar-refractivity contribution in [2.45, 2.75) is 64.0 Å². The molecule has 0 unspecified atom stereocenters. The van der Waals surface area contributed by atoms with E-state index >= 15 is 0 Å². The maximum absolute atomic E-state index is 13.2. The van der Waals surface area contributed by atoms with Gasteiger partial charge < -0.3 is 19.3 Å². The molecule has 0 radical (unpaired) electrons. The molecule has 3 aromatic rings. The molecule has 0 bridgehead atoms. The van der Waals surface area contributed by atoms with Crippen LogP contribution in [0.4, 0.5) is 5.69 Å². The number of ether oxygens (including phenoxy) is 2. The Morgan fingerprint density at radius 1 is 0.814 bits per heavy atom. The number of nitrogens with zero attached hydrogens (tertiary/aromatic N) is 4. The van der Waals surface area contributed by atoms with Crippen molar-refractivity contribution in [2.75, 3.05) is 53.0 Å². The molecule has 0 saturated carbocycles. The van der Waals surface area contributed by atoms with E-state index in [4.69, 9.17) is 9.47 Å². The SMILES string of the molecule is COc1cc2cc3c(cc2cc1OCCCCCCCCN1CCN(Cc2ccccc2)CC1)C(=O)N1CCC[C@H]1C=N3. The van der Waals surface area contributed by atoms with Gasteiger partial charge in [0.15, 0.2) is 11.5 Å². The van der Waals surface area contributed by atoms with Crippen LogP contribution >= 0.6 is 0 Å². The summed E-state index contributed by atoms with van der Waals surface area (Å²) >= 11 is 0. The largest absolute Gasteiger partial charge is 0.493 e. The highest BCUT2D eigenvalue weighted by Gasteiger charge is 2.32. The van der Waals surface area contributed by atoms with E-state index in [1.165, 1.54) is 70.4 Å². The van der Waals surface area contributed by atoms with Gasteiger partial charge in [0.25, 0.3) is 5.91 Å². The van der Waals surface area contributed by atoms with Gasteiger partial charge in [-0.3, -0.25) is 14.7 Å². The minimum atomic E-state index is 0.0802. The molecular formula is C36H46N4O3. The van der Waals surface area contributed by atoms with E-state index < -0.39 is 0 Å². The molecular weight excluding hydrogens is 536 g/mol. The summed E-state index contributed by atoms with van der Waals surface area (Å²) in [5.41, 5.74) is 2.83. The highest BCUT2D eigenvalue weighted by atomic mass is 16.5. The van der Waals surface area contributed by atoms with Crippen molar-refractivity contribution >= 4 is 28.6 Å². The fraction of sp³-hybridized carbons (Fsp3) is 0.500. The van der Waals surface area contributed by atoms with Crippen molar-refractivity contribution in [3.8, 4) is 11.5 Å². The monoisotopic (exact) mass is 582 g/mol. The van der Waals surface area contributed by atoms with Gasteiger partial charge in [-0.25, -0.2) is 0 Å². The number of methoxy groups -OCH3 is 1. The normalized spacial score (nSPS) is 19.0. The summed E-state index contributed by atoms with van der Waals surface area (Å²) in [6.07, 6.45) is 11.3. The standard InChI is InChI=1S/C36H46N4O3/c1-42-34-24-30-23-33-32(36(41)40-16-11-14-31(40)26-37-33)22-29(30)25-35(34)43-21-10-5-3-2-4-9-15-38-17-19-39(20-18-38)27-28-12-7-6-8-13-28/h6-8,12-13,22-26,31H,2-5,9-11,14-21,27H2,1H3/t31-/m0/s1. The van der Waals surface area contributed by atoms with E-state index in [2.05, 4.69) is 45.1 Å². The molecule has 3 aliphatic rings. The minimum absolute atomic E-state index is 0.0802. The zero-order valence-corrected chi connectivity index (χ0v) is 25.7. The van der Waals surface area contributed by atoms with Crippen LogP contribution in [0.2, 0.25) is 0 Å². The van der Waals surface area contributed by atoms with E-state index in [-0.39, 0.29) is 11.9 Å². The Labute approximate surface area is 256 Å². The van der Waals surface area contributed by atoms with Crippen LogP contribution in [0.5, 0.6) is 11.5 Å². The quantitative estimate of drug-likeness (QED) is 0.210. The number of fused-ring (bicyclic) bond motifs is 3. The molecule has 1 atom stereocenters. The zero-order chi connectivity index (χ0) is 29.4. The lowest BCUT2D eigenvalue weighted by molar-refractivity contribution is 0.0775. The number of hydrogen-bond acceptors (Lipinski definition) is 6. The second-order valence-corrected chi connectivity index (χ2v) is 12.3. The fourth-order valence-electron chi connectivity index (χ4n) is 6.71. The fourth-order valence-corrected chi connectivity index (χ4v) is 6.71. The number of carbonyl (C=O) groups excluding carboxylic acids is 1. The van der Waals surface area contributed by atoms with Crippen LogP contribution in [0, 0.1) is 0 Å². The summed E-state index contributed by atoms with van der Waals surface area (Å²) in [5.74, 6) is 1.54. The van der Waals surface area contributed by atoms with Crippen molar-refractivity contribution in [1.29, 1.82) is 0 Å². The molecule has 7 heteroatoms. The molecule has 6 rings (SSSR count). The van der Waals surface area contributed by atoms with Gasteiger partial charge in [-0.05, 0) is 72.8 Å². The van der Waals surface area contributed by atoms with Crippen molar-refractivity contribution < 1.29 is 14.3 Å². The zero-order valence-electron chi connectivity index (χ0n) is 25.7. The smallest absolute Gasteiger partial charge is 0.256 e. The van der Waals surface area contributed by atoms with Gasteiger partial charge in [0, 0.05) is 45.5 Å². The van der Waals surface area contributed by atoms with Crippen molar-refractivity contribution in [3.63, 3.8) is 0 Å². The molecule has 7 nitrogen and oxygen atoms in total. The summed E-state index contributed by atoms with van der Waals surface area (Å²) in [4.78, 5) is 25.1. The Hall–Kier alpha value is -3.42. The lowest BCUT2D eigenvalue weighted by Gasteiger charge is -2.34. The van der Waals surface area contributed by atoms with Crippen molar-refractivity contribution in [3.05, 3.63) is 65.7 Å². The topological polar surface area (TPSA) is 57.6 Å². The molecule has 0 aliphatic carbocycles. The molecule has 3 aliphatic heterocycles. The van der Waals surface area contributed by atoms with E-state index in [0.717, 1.165) is 60.3 Å². The molecule has 0 N–H and O–H groups in total. The average Bonchev–Trinajstić information content (AvgIpc) is 3.47. The summed E-state index contributed by atoms with van der Waals surface area (Å²) < 4.78 is 11.9. The Kier molecular flexibility index (Phi) is 9.90. The molecule has 3 aromatic carbocycles. The molecule has 2 saturated heterocycles. The molecule has 43 heavy (non-hydrogen) atoms. The van der Waals surface area contributed by atoms with Crippen LogP contribution in [0.3, 0.4) is 0 Å². The molecule has 0 aromatic heterocycles. The van der Waals surface area contributed by atoms with E-state index in [1.54, 1.807) is 7.11 Å². The predicted molar refractivity (Wildman–Crippen MR) is 174 cm³/mol. The summed E-state index contributed by atoms with van der Waals surface area (Å²) in [6.45, 7) is 8.49. The first-order chi connectivity index (χ1) is 21.2. The highest BCUT2D eigenvalue weighted by Crippen LogP contribution is 2.37. The van der Waals surface area contributed by atoms with Gasteiger partial charge in [-0.2, -0.15) is 0 Å². The maximum atomic E-state index is 13.2. The second-order valence-electron chi connectivity index (χ2n) is 12.3. The van der Waals surface area contributed by atoms with Crippen LogP contribution in [0.15, 0.2) is 59.6 Å². The third kappa shape index (κ3) is 7.39.